The lowest BCUT2D eigenvalue weighted by atomic mass is 10.0. The molecule has 0 radical (unpaired) electrons. The number of hydrogen-bond acceptors (Lipinski definition) is 8. The fraction of sp³-hybridized carbons (Fsp3) is 0.545. The molecule has 2 fully saturated rings. The zero-order chi connectivity index (χ0) is 33.5. The highest BCUT2D eigenvalue weighted by atomic mass is 32.2. The van der Waals surface area contributed by atoms with Gasteiger partial charge >= 0.3 is 6.18 Å². The van der Waals surface area contributed by atoms with Crippen LogP contribution in [0.5, 0.6) is 0 Å². The standard InChI is InChI=1S/C33H41F3N8OS2/c1-21(42-11-12-44(47(4)45)22(2)17-42)18-43-26(16-37)13-28-23(3)24(5-6-30(28)43)19-41-9-7-25(8-10-41)40-31-29-14-27(15-33(34,35)36)46-32(29)39-20-38-31/h5-6,13-14,20-22,25H,7-12,15,17-19H2,1-4H3,(H,38,39,40)/t21-,22?,47?/m0/s1. The normalized spacial score (nSPS) is 20.5. The summed E-state index contributed by atoms with van der Waals surface area (Å²) in [5, 5.41) is 15.3. The Morgan fingerprint density at radius 1 is 1.15 bits per heavy atom. The van der Waals surface area contributed by atoms with E-state index in [9.17, 15) is 22.6 Å². The number of halogens is 3. The molecule has 2 unspecified atom stereocenters. The van der Waals surface area contributed by atoms with Crippen molar-refractivity contribution < 1.29 is 17.4 Å². The third-order valence-electron chi connectivity index (χ3n) is 9.66. The molecule has 1 aromatic carbocycles. The first-order valence-electron chi connectivity index (χ1n) is 16.0. The molecule has 14 heteroatoms. The van der Waals surface area contributed by atoms with Gasteiger partial charge in [0.25, 0.3) is 0 Å². The monoisotopic (exact) mass is 686 g/mol. The van der Waals surface area contributed by atoms with Crippen molar-refractivity contribution >= 4 is 49.3 Å². The highest BCUT2D eigenvalue weighted by Crippen LogP contribution is 2.34. The smallest absolute Gasteiger partial charge is 0.367 e. The third kappa shape index (κ3) is 7.49. The predicted molar refractivity (Wildman–Crippen MR) is 182 cm³/mol. The van der Waals surface area contributed by atoms with Crippen LogP contribution < -0.4 is 5.32 Å². The number of aryl methyl sites for hydroxylation is 1. The number of benzene rings is 1. The summed E-state index contributed by atoms with van der Waals surface area (Å²) in [5.74, 6) is 0.598. The van der Waals surface area contributed by atoms with Crippen molar-refractivity contribution in [1.82, 2.24) is 28.6 Å². The van der Waals surface area contributed by atoms with Crippen LogP contribution in [0.4, 0.5) is 19.0 Å². The molecule has 2 saturated heterocycles. The lowest BCUT2D eigenvalue weighted by molar-refractivity contribution is -0.126. The minimum absolute atomic E-state index is 0.170. The molecule has 0 spiro atoms. The number of rotatable bonds is 9. The average molecular weight is 687 g/mol. The summed E-state index contributed by atoms with van der Waals surface area (Å²) >= 11 is 1.07. The number of thiophene rings is 1. The van der Waals surface area contributed by atoms with E-state index in [4.69, 9.17) is 0 Å². The van der Waals surface area contributed by atoms with E-state index in [1.807, 2.05) is 10.4 Å². The number of nitriles is 1. The highest BCUT2D eigenvalue weighted by molar-refractivity contribution is 7.81. The Morgan fingerprint density at radius 3 is 2.60 bits per heavy atom. The second kappa shape index (κ2) is 13.8. The van der Waals surface area contributed by atoms with Crippen LogP contribution in [-0.4, -0.2) is 96.1 Å². The topological polar surface area (TPSA) is 93.3 Å². The first kappa shape index (κ1) is 33.8. The van der Waals surface area contributed by atoms with Crippen molar-refractivity contribution in [2.75, 3.05) is 44.3 Å². The highest BCUT2D eigenvalue weighted by Gasteiger charge is 2.31. The molecule has 3 atom stereocenters. The molecule has 6 rings (SSSR count). The number of likely N-dealkylation sites (tertiary alicyclic amines) is 1. The number of hydrogen-bond donors (Lipinski definition) is 1. The van der Waals surface area contributed by atoms with Crippen molar-refractivity contribution in [3.63, 3.8) is 0 Å². The van der Waals surface area contributed by atoms with Gasteiger partial charge in [0.15, 0.2) is 0 Å². The lowest BCUT2D eigenvalue weighted by Crippen LogP contribution is -2.55. The maximum atomic E-state index is 12.9. The first-order chi connectivity index (χ1) is 22.4. The summed E-state index contributed by atoms with van der Waals surface area (Å²) in [6.07, 6.45) is -0.285. The molecule has 0 bridgehead atoms. The van der Waals surface area contributed by atoms with Crippen LogP contribution in [-0.2, 0) is 30.5 Å². The van der Waals surface area contributed by atoms with E-state index in [2.05, 4.69) is 68.6 Å². The molecule has 252 valence electrons. The first-order valence-corrected chi connectivity index (χ1v) is 18.4. The number of piperidine rings is 1. The summed E-state index contributed by atoms with van der Waals surface area (Å²) in [6, 6.07) is 10.9. The number of nitrogens with zero attached hydrogens (tertiary/aromatic N) is 7. The van der Waals surface area contributed by atoms with Gasteiger partial charge in [-0.1, -0.05) is 6.07 Å². The van der Waals surface area contributed by atoms with E-state index in [1.165, 1.54) is 17.5 Å². The van der Waals surface area contributed by atoms with Crippen LogP contribution in [0.2, 0.25) is 0 Å². The molecule has 0 saturated carbocycles. The Hall–Kier alpha value is -3.09. The Kier molecular flexibility index (Phi) is 9.92. The summed E-state index contributed by atoms with van der Waals surface area (Å²) in [7, 11) is -0.972. The van der Waals surface area contributed by atoms with Gasteiger partial charge in [0.2, 0.25) is 0 Å². The fourth-order valence-electron chi connectivity index (χ4n) is 7.09. The fourth-order valence-corrected chi connectivity index (χ4v) is 9.03. The summed E-state index contributed by atoms with van der Waals surface area (Å²) in [6.45, 7) is 12.2. The Morgan fingerprint density at radius 2 is 1.91 bits per heavy atom. The molecule has 9 nitrogen and oxygen atoms in total. The molecule has 3 aromatic heterocycles. The third-order valence-corrected chi connectivity index (χ3v) is 11.9. The van der Waals surface area contributed by atoms with Gasteiger partial charge in [0.05, 0.1) is 22.8 Å². The van der Waals surface area contributed by atoms with Gasteiger partial charge in [-0.25, -0.2) is 18.5 Å². The molecule has 2 aliphatic rings. The zero-order valence-corrected chi connectivity index (χ0v) is 28.8. The quantitative estimate of drug-likeness (QED) is 0.242. The van der Waals surface area contributed by atoms with Crippen LogP contribution in [0.3, 0.4) is 0 Å². The molecule has 2 aliphatic heterocycles. The molecular formula is C33H41F3N8OS2. The molecule has 4 aromatic rings. The number of alkyl halides is 3. The number of anilines is 1. The minimum atomic E-state index is -4.26. The minimum Gasteiger partial charge on any atom is -0.367 e. The van der Waals surface area contributed by atoms with Crippen LogP contribution in [0.1, 0.15) is 48.4 Å². The van der Waals surface area contributed by atoms with Crippen LogP contribution >= 0.6 is 11.3 Å². The van der Waals surface area contributed by atoms with E-state index in [0.717, 1.165) is 74.3 Å². The van der Waals surface area contributed by atoms with Crippen molar-refractivity contribution in [3.05, 3.63) is 52.3 Å². The van der Waals surface area contributed by atoms with Crippen molar-refractivity contribution in [3.8, 4) is 6.07 Å². The van der Waals surface area contributed by atoms with Gasteiger partial charge in [-0.15, -0.1) is 11.3 Å². The number of fused-ring (bicyclic) bond motifs is 2. The van der Waals surface area contributed by atoms with Gasteiger partial charge in [-0.2, -0.15) is 18.4 Å². The number of piperazine rings is 1. The summed E-state index contributed by atoms with van der Waals surface area (Å²) < 4.78 is 55.1. The lowest BCUT2D eigenvalue weighted by Gasteiger charge is -2.41. The van der Waals surface area contributed by atoms with Crippen molar-refractivity contribution in [2.45, 2.75) is 77.4 Å². The summed E-state index contributed by atoms with van der Waals surface area (Å²) in [4.78, 5) is 14.2. The zero-order valence-electron chi connectivity index (χ0n) is 27.2. The molecule has 0 aliphatic carbocycles. The number of nitrogens with one attached hydrogen (secondary N) is 1. The summed E-state index contributed by atoms with van der Waals surface area (Å²) in [5.41, 5.74) is 4.16. The second-order valence-corrected chi connectivity index (χ2v) is 15.4. The van der Waals surface area contributed by atoms with Gasteiger partial charge in [-0.3, -0.25) is 9.80 Å². The maximum absolute atomic E-state index is 12.9. The van der Waals surface area contributed by atoms with Crippen LogP contribution in [0.25, 0.3) is 21.1 Å². The van der Waals surface area contributed by atoms with Gasteiger partial charge in [-0.05, 0) is 62.9 Å². The van der Waals surface area contributed by atoms with Crippen molar-refractivity contribution in [2.24, 2.45) is 0 Å². The van der Waals surface area contributed by atoms with E-state index >= 15 is 0 Å². The van der Waals surface area contributed by atoms with Crippen LogP contribution in [0.15, 0.2) is 30.6 Å². The Bertz CT molecular complexity index is 1810. The average Bonchev–Trinajstić information content (AvgIpc) is 3.59. The van der Waals surface area contributed by atoms with Crippen molar-refractivity contribution in [1.29, 1.82) is 5.26 Å². The molecule has 47 heavy (non-hydrogen) atoms. The maximum Gasteiger partial charge on any atom is 0.393 e. The van der Waals surface area contributed by atoms with Crippen LogP contribution in [0, 0.1) is 18.3 Å². The Balaban J connectivity index is 1.09. The molecular weight excluding hydrogens is 646 g/mol. The van der Waals surface area contributed by atoms with E-state index in [0.29, 0.717) is 28.3 Å². The molecule has 5 heterocycles. The Labute approximate surface area is 280 Å². The number of aromatic nitrogens is 3. The van der Waals surface area contributed by atoms with Gasteiger partial charge in [0.1, 0.15) is 28.7 Å². The van der Waals surface area contributed by atoms with Gasteiger partial charge in [0, 0.05) is 86.0 Å². The largest absolute Gasteiger partial charge is 0.393 e. The SMILES string of the molecule is Cc1c(CN2CCC(Nc3ncnc4sc(CC(F)(F)F)cc34)CC2)ccc2c1cc(C#N)n2C[C@H](C)N1CCN(S(C)=O)C(C)C1. The predicted octanol–water partition coefficient (Wildman–Crippen LogP) is 5.70. The second-order valence-electron chi connectivity index (χ2n) is 12.9. The van der Waals surface area contributed by atoms with Gasteiger partial charge < -0.3 is 9.88 Å². The molecule has 0 amide bonds. The van der Waals surface area contributed by atoms with E-state index < -0.39 is 23.6 Å². The van der Waals surface area contributed by atoms with E-state index in [-0.39, 0.29) is 23.0 Å². The molecule has 1 N–H and O–H groups in total. The van der Waals surface area contributed by atoms with E-state index in [1.54, 1.807) is 12.3 Å².